The lowest BCUT2D eigenvalue weighted by Crippen LogP contribution is -2.22. The van der Waals surface area contributed by atoms with Crippen LogP contribution in [0.15, 0.2) is 42.5 Å². The Morgan fingerprint density at radius 1 is 1.12 bits per heavy atom. The summed E-state index contributed by atoms with van der Waals surface area (Å²) >= 11 is 0. The van der Waals surface area contributed by atoms with Crippen molar-refractivity contribution in [2.45, 2.75) is 0 Å². The van der Waals surface area contributed by atoms with Crippen molar-refractivity contribution in [1.29, 1.82) is 0 Å². The predicted octanol–water partition coefficient (Wildman–Crippen LogP) is 2.67. The van der Waals surface area contributed by atoms with Gasteiger partial charge in [-0.2, -0.15) is 0 Å². The summed E-state index contributed by atoms with van der Waals surface area (Å²) < 4.78 is 31.3. The van der Waals surface area contributed by atoms with Crippen LogP contribution in [0.2, 0.25) is 0 Å². The highest BCUT2D eigenvalue weighted by molar-refractivity contribution is 5.95. The molecule has 0 atom stereocenters. The summed E-state index contributed by atoms with van der Waals surface area (Å²) in [6.45, 7) is -0.810. The minimum absolute atomic E-state index is 0.113. The fraction of sp³-hybridized carbons (Fsp3) is 0.0667. The lowest BCUT2D eigenvalue weighted by atomic mass is 10.2. The molecule has 2 rings (SSSR count). The zero-order chi connectivity index (χ0) is 17.7. The number of hydrogen-bond acceptors (Lipinski definition) is 5. The van der Waals surface area contributed by atoms with E-state index in [0.29, 0.717) is 0 Å². The van der Waals surface area contributed by atoms with Gasteiger partial charge in [0.25, 0.3) is 11.6 Å². The molecule has 0 aromatic heterocycles. The van der Waals surface area contributed by atoms with Crippen molar-refractivity contribution in [3.05, 3.63) is 69.8 Å². The number of anilines is 1. The minimum atomic E-state index is -1.33. The van der Waals surface area contributed by atoms with Gasteiger partial charge in [-0.3, -0.25) is 14.9 Å². The lowest BCUT2D eigenvalue weighted by molar-refractivity contribution is -0.384. The highest BCUT2D eigenvalue weighted by Crippen LogP contribution is 2.17. The number of nitrogens with zero attached hydrogens (tertiary/aromatic N) is 1. The number of ether oxygens (including phenoxy) is 1. The van der Waals surface area contributed by atoms with Gasteiger partial charge in [-0.15, -0.1) is 0 Å². The Labute approximate surface area is 134 Å². The second-order valence-electron chi connectivity index (χ2n) is 4.53. The Kier molecular flexibility index (Phi) is 5.15. The molecular formula is C15H10F2N2O5. The predicted molar refractivity (Wildman–Crippen MR) is 78.4 cm³/mol. The second-order valence-corrected chi connectivity index (χ2v) is 4.53. The Balaban J connectivity index is 1.97. The van der Waals surface area contributed by atoms with Crippen LogP contribution in [0.5, 0.6) is 0 Å². The Bertz CT molecular complexity index is 790. The quantitative estimate of drug-likeness (QED) is 0.514. The summed E-state index contributed by atoms with van der Waals surface area (Å²) in [5, 5.41) is 12.9. The van der Waals surface area contributed by atoms with Crippen LogP contribution in [0.3, 0.4) is 0 Å². The van der Waals surface area contributed by atoms with Crippen molar-refractivity contribution in [1.82, 2.24) is 0 Å². The van der Waals surface area contributed by atoms with Gasteiger partial charge in [-0.1, -0.05) is 12.1 Å². The molecule has 0 spiro atoms. The van der Waals surface area contributed by atoms with Crippen molar-refractivity contribution >= 4 is 23.3 Å². The molecule has 0 aliphatic rings. The fourth-order valence-electron chi connectivity index (χ4n) is 1.79. The molecule has 0 bridgehead atoms. The van der Waals surface area contributed by atoms with E-state index in [1.54, 1.807) is 0 Å². The van der Waals surface area contributed by atoms with Crippen LogP contribution in [-0.4, -0.2) is 23.4 Å². The molecule has 0 aliphatic heterocycles. The zero-order valence-corrected chi connectivity index (χ0v) is 12.0. The number of amides is 1. The summed E-state index contributed by atoms with van der Waals surface area (Å²) in [6, 6.07) is 7.92. The average Bonchev–Trinajstić information content (AvgIpc) is 2.53. The molecule has 0 aliphatic carbocycles. The SMILES string of the molecule is O=C(COC(=O)c1c(F)cccc1F)Nc1cccc([N+](=O)[O-])c1. The molecule has 1 N–H and O–H groups in total. The third kappa shape index (κ3) is 4.09. The summed E-state index contributed by atoms with van der Waals surface area (Å²) in [6.07, 6.45) is 0. The number of non-ortho nitro benzene ring substituents is 1. The Morgan fingerprint density at radius 2 is 1.75 bits per heavy atom. The maximum atomic E-state index is 13.4. The molecule has 2 aromatic carbocycles. The van der Waals surface area contributed by atoms with E-state index in [2.05, 4.69) is 10.1 Å². The number of esters is 1. The topological polar surface area (TPSA) is 98.5 Å². The lowest BCUT2D eigenvalue weighted by Gasteiger charge is -2.07. The molecule has 7 nitrogen and oxygen atoms in total. The van der Waals surface area contributed by atoms with Gasteiger partial charge in [-0.25, -0.2) is 13.6 Å². The summed E-state index contributed by atoms with van der Waals surface area (Å²) in [7, 11) is 0. The number of carbonyl (C=O) groups is 2. The van der Waals surface area contributed by atoms with E-state index < -0.39 is 40.6 Å². The fourth-order valence-corrected chi connectivity index (χ4v) is 1.79. The largest absolute Gasteiger partial charge is 0.452 e. The molecule has 9 heteroatoms. The molecule has 0 unspecified atom stereocenters. The van der Waals surface area contributed by atoms with Crippen molar-refractivity contribution in [3.8, 4) is 0 Å². The number of benzene rings is 2. The molecule has 0 fully saturated rings. The van der Waals surface area contributed by atoms with E-state index >= 15 is 0 Å². The molecule has 0 radical (unpaired) electrons. The summed E-state index contributed by atoms with van der Waals surface area (Å²) in [5.41, 5.74) is -1.03. The summed E-state index contributed by atoms with van der Waals surface area (Å²) in [4.78, 5) is 33.3. The number of nitro groups is 1. The number of rotatable bonds is 5. The van der Waals surface area contributed by atoms with E-state index in [0.717, 1.165) is 24.3 Å². The average molecular weight is 336 g/mol. The smallest absolute Gasteiger partial charge is 0.344 e. The van der Waals surface area contributed by atoms with Gasteiger partial charge in [0.15, 0.2) is 6.61 Å². The molecule has 0 saturated heterocycles. The van der Waals surface area contributed by atoms with E-state index in [1.807, 2.05) is 0 Å². The summed E-state index contributed by atoms with van der Waals surface area (Å²) in [5.74, 6) is -4.38. The van der Waals surface area contributed by atoms with Crippen molar-refractivity contribution in [3.63, 3.8) is 0 Å². The third-order valence-corrected chi connectivity index (χ3v) is 2.84. The van der Waals surface area contributed by atoms with E-state index in [9.17, 15) is 28.5 Å². The van der Waals surface area contributed by atoms with Crippen LogP contribution in [-0.2, 0) is 9.53 Å². The molecule has 124 valence electrons. The van der Waals surface area contributed by atoms with Gasteiger partial charge in [-0.05, 0) is 18.2 Å². The number of halogens is 2. The number of carbonyl (C=O) groups excluding carboxylic acids is 2. The van der Waals surface area contributed by atoms with Gasteiger partial charge in [0.2, 0.25) is 0 Å². The first kappa shape index (κ1) is 17.0. The van der Waals surface area contributed by atoms with Gasteiger partial charge in [0.1, 0.15) is 17.2 Å². The maximum absolute atomic E-state index is 13.4. The molecule has 24 heavy (non-hydrogen) atoms. The van der Waals surface area contributed by atoms with Gasteiger partial charge < -0.3 is 10.1 Å². The zero-order valence-electron chi connectivity index (χ0n) is 12.0. The number of hydrogen-bond donors (Lipinski definition) is 1. The van der Waals surface area contributed by atoms with Crippen LogP contribution in [0.1, 0.15) is 10.4 Å². The first-order valence-electron chi connectivity index (χ1n) is 6.54. The van der Waals surface area contributed by atoms with Crippen LogP contribution in [0.4, 0.5) is 20.2 Å². The standard InChI is InChI=1S/C15H10F2N2O5/c16-11-5-2-6-12(17)14(11)15(21)24-8-13(20)18-9-3-1-4-10(7-9)19(22)23/h1-7H,8H2,(H,18,20). The molecule has 1 amide bonds. The Hall–Kier alpha value is -3.36. The van der Waals surface area contributed by atoms with Gasteiger partial charge in [0.05, 0.1) is 4.92 Å². The van der Waals surface area contributed by atoms with Crippen molar-refractivity contribution in [2.24, 2.45) is 0 Å². The molecule has 2 aromatic rings. The maximum Gasteiger partial charge on any atom is 0.344 e. The highest BCUT2D eigenvalue weighted by Gasteiger charge is 2.19. The normalized spacial score (nSPS) is 10.1. The second kappa shape index (κ2) is 7.27. The first-order valence-corrected chi connectivity index (χ1v) is 6.54. The number of nitro benzene ring substituents is 1. The number of nitrogens with one attached hydrogen (secondary N) is 1. The van der Waals surface area contributed by atoms with Crippen molar-refractivity contribution in [2.75, 3.05) is 11.9 Å². The third-order valence-electron chi connectivity index (χ3n) is 2.84. The van der Waals surface area contributed by atoms with E-state index in [1.165, 1.54) is 18.2 Å². The van der Waals surface area contributed by atoms with Gasteiger partial charge in [0, 0.05) is 17.8 Å². The Morgan fingerprint density at radius 3 is 2.38 bits per heavy atom. The van der Waals surface area contributed by atoms with E-state index in [-0.39, 0.29) is 11.4 Å². The molecule has 0 heterocycles. The van der Waals surface area contributed by atoms with Gasteiger partial charge >= 0.3 is 5.97 Å². The minimum Gasteiger partial charge on any atom is -0.452 e. The van der Waals surface area contributed by atoms with Crippen molar-refractivity contribution < 1.29 is 28.0 Å². The molecular weight excluding hydrogens is 326 g/mol. The monoisotopic (exact) mass is 336 g/mol. The van der Waals surface area contributed by atoms with E-state index in [4.69, 9.17) is 0 Å². The van der Waals surface area contributed by atoms with Crippen LogP contribution in [0, 0.1) is 21.7 Å². The highest BCUT2D eigenvalue weighted by atomic mass is 19.1. The van der Waals surface area contributed by atoms with Crippen LogP contribution in [0.25, 0.3) is 0 Å². The van der Waals surface area contributed by atoms with Crippen LogP contribution >= 0.6 is 0 Å². The molecule has 0 saturated carbocycles. The first-order chi connectivity index (χ1) is 11.4. The van der Waals surface area contributed by atoms with Crippen LogP contribution < -0.4 is 5.32 Å².